The molecule has 1 heterocycles. The molecular formula is C17H25NO5. The van der Waals surface area contributed by atoms with E-state index in [1.165, 1.54) is 7.11 Å². The van der Waals surface area contributed by atoms with Crippen molar-refractivity contribution < 1.29 is 23.9 Å². The number of fused-ring (bicyclic) bond motifs is 1. The SMILES string of the molecule is CCC(C)(C)C(=O)NCC1C2CC3C1OC(=O)C3(C(=O)OC)C2. The van der Waals surface area contributed by atoms with Gasteiger partial charge in [-0.3, -0.25) is 14.4 Å². The Bertz CT molecular complexity index is 557. The average Bonchev–Trinajstić information content (AvgIpc) is 3.12. The van der Waals surface area contributed by atoms with E-state index >= 15 is 0 Å². The fourth-order valence-corrected chi connectivity index (χ4v) is 4.51. The number of amides is 1. The molecule has 3 aliphatic rings. The predicted molar refractivity (Wildman–Crippen MR) is 81.1 cm³/mol. The number of methoxy groups -OCH3 is 1. The molecule has 3 fully saturated rings. The van der Waals surface area contributed by atoms with Crippen molar-refractivity contribution in [1.82, 2.24) is 5.32 Å². The average molecular weight is 323 g/mol. The number of nitrogens with one attached hydrogen (secondary N) is 1. The second-order valence-electron chi connectivity index (χ2n) is 7.75. The van der Waals surface area contributed by atoms with Crippen molar-refractivity contribution in [1.29, 1.82) is 0 Å². The van der Waals surface area contributed by atoms with E-state index in [4.69, 9.17) is 9.47 Å². The van der Waals surface area contributed by atoms with Crippen molar-refractivity contribution in [2.24, 2.45) is 28.6 Å². The maximum atomic E-state index is 12.3. The topological polar surface area (TPSA) is 81.7 Å². The van der Waals surface area contributed by atoms with Crippen LogP contribution in [0, 0.1) is 28.6 Å². The highest BCUT2D eigenvalue weighted by molar-refractivity contribution is 6.02. The Kier molecular flexibility index (Phi) is 3.69. The molecule has 6 nitrogen and oxygen atoms in total. The third-order valence-corrected chi connectivity index (χ3v) is 6.35. The summed E-state index contributed by atoms with van der Waals surface area (Å²) in [6.07, 6.45) is 1.77. The summed E-state index contributed by atoms with van der Waals surface area (Å²) in [5.74, 6) is -0.669. The summed E-state index contributed by atoms with van der Waals surface area (Å²) >= 11 is 0. The van der Waals surface area contributed by atoms with Crippen LogP contribution in [0.5, 0.6) is 0 Å². The zero-order chi connectivity index (χ0) is 17.0. The van der Waals surface area contributed by atoms with E-state index in [0.717, 1.165) is 12.8 Å². The van der Waals surface area contributed by atoms with E-state index < -0.39 is 22.8 Å². The summed E-state index contributed by atoms with van der Waals surface area (Å²) in [4.78, 5) is 36.7. The minimum atomic E-state index is -1.09. The van der Waals surface area contributed by atoms with Crippen LogP contribution in [0.3, 0.4) is 0 Å². The monoisotopic (exact) mass is 323 g/mol. The van der Waals surface area contributed by atoms with Gasteiger partial charge >= 0.3 is 11.9 Å². The minimum absolute atomic E-state index is 0.0197. The predicted octanol–water partition coefficient (Wildman–Crippen LogP) is 1.28. The Morgan fingerprint density at radius 2 is 2.13 bits per heavy atom. The van der Waals surface area contributed by atoms with Gasteiger partial charge in [0.2, 0.25) is 5.91 Å². The van der Waals surface area contributed by atoms with E-state index in [1.54, 1.807) is 0 Å². The van der Waals surface area contributed by atoms with Crippen molar-refractivity contribution in [2.75, 3.05) is 13.7 Å². The molecule has 0 spiro atoms. The summed E-state index contributed by atoms with van der Waals surface area (Å²) in [7, 11) is 1.31. The van der Waals surface area contributed by atoms with Gasteiger partial charge in [0.25, 0.3) is 0 Å². The summed E-state index contributed by atoms with van der Waals surface area (Å²) in [6, 6.07) is 0. The first-order valence-corrected chi connectivity index (χ1v) is 8.35. The Morgan fingerprint density at radius 1 is 1.43 bits per heavy atom. The molecule has 23 heavy (non-hydrogen) atoms. The fourth-order valence-electron chi connectivity index (χ4n) is 4.51. The molecule has 0 aromatic rings. The zero-order valence-corrected chi connectivity index (χ0v) is 14.2. The molecule has 2 bridgehead atoms. The first-order chi connectivity index (χ1) is 10.8. The molecule has 128 valence electrons. The first kappa shape index (κ1) is 16.3. The molecule has 0 radical (unpaired) electrons. The highest BCUT2D eigenvalue weighted by Crippen LogP contribution is 2.64. The highest BCUT2D eigenvalue weighted by atomic mass is 16.6. The lowest BCUT2D eigenvalue weighted by atomic mass is 9.71. The number of ether oxygens (including phenoxy) is 2. The maximum Gasteiger partial charge on any atom is 0.324 e. The molecule has 2 saturated carbocycles. The number of carbonyl (C=O) groups excluding carboxylic acids is 3. The van der Waals surface area contributed by atoms with E-state index in [0.29, 0.717) is 13.0 Å². The molecule has 1 aliphatic heterocycles. The molecule has 5 unspecified atom stereocenters. The number of carbonyl (C=O) groups is 3. The highest BCUT2D eigenvalue weighted by Gasteiger charge is 2.74. The molecule has 6 heteroatoms. The lowest BCUT2D eigenvalue weighted by Crippen LogP contribution is -2.46. The van der Waals surface area contributed by atoms with Crippen molar-refractivity contribution >= 4 is 17.8 Å². The lowest BCUT2D eigenvalue weighted by Gasteiger charge is -2.31. The number of rotatable bonds is 5. The first-order valence-electron chi connectivity index (χ1n) is 8.35. The van der Waals surface area contributed by atoms with Gasteiger partial charge in [-0.2, -0.15) is 0 Å². The molecular weight excluding hydrogens is 298 g/mol. The molecule has 3 rings (SSSR count). The molecule has 1 saturated heterocycles. The zero-order valence-electron chi connectivity index (χ0n) is 14.2. The molecule has 5 atom stereocenters. The van der Waals surface area contributed by atoms with Gasteiger partial charge in [-0.25, -0.2) is 0 Å². The van der Waals surface area contributed by atoms with Crippen molar-refractivity contribution in [3.8, 4) is 0 Å². The van der Waals surface area contributed by atoms with Gasteiger partial charge in [0.15, 0.2) is 5.41 Å². The molecule has 2 aliphatic carbocycles. The van der Waals surface area contributed by atoms with Crippen LogP contribution in [0.1, 0.15) is 40.0 Å². The van der Waals surface area contributed by atoms with Gasteiger partial charge in [0.05, 0.1) is 7.11 Å². The standard InChI is InChI=1S/C17H25NO5/c1-5-16(2,3)13(19)18-8-10-9-6-11-12(10)23-15(21)17(11,7-9)14(20)22-4/h9-12H,5-8H2,1-4H3,(H,18,19). The van der Waals surface area contributed by atoms with Gasteiger partial charge in [0.1, 0.15) is 6.10 Å². The summed E-state index contributed by atoms with van der Waals surface area (Å²) < 4.78 is 10.4. The van der Waals surface area contributed by atoms with Crippen LogP contribution in [0.25, 0.3) is 0 Å². The van der Waals surface area contributed by atoms with Crippen LogP contribution in [0.2, 0.25) is 0 Å². The van der Waals surface area contributed by atoms with Crippen LogP contribution < -0.4 is 5.32 Å². The van der Waals surface area contributed by atoms with Crippen molar-refractivity contribution in [3.63, 3.8) is 0 Å². The van der Waals surface area contributed by atoms with Crippen LogP contribution >= 0.6 is 0 Å². The van der Waals surface area contributed by atoms with Crippen LogP contribution in [-0.2, 0) is 23.9 Å². The molecule has 0 aromatic carbocycles. The second kappa shape index (κ2) is 5.21. The van der Waals surface area contributed by atoms with Gasteiger partial charge in [-0.15, -0.1) is 0 Å². The lowest BCUT2D eigenvalue weighted by molar-refractivity contribution is -0.163. The Hall–Kier alpha value is -1.59. The van der Waals surface area contributed by atoms with Crippen LogP contribution in [0.4, 0.5) is 0 Å². The maximum absolute atomic E-state index is 12.3. The third kappa shape index (κ3) is 2.10. The van der Waals surface area contributed by atoms with Crippen LogP contribution in [0.15, 0.2) is 0 Å². The Labute approximate surface area is 136 Å². The van der Waals surface area contributed by atoms with Gasteiger partial charge in [-0.05, 0) is 25.2 Å². The smallest absolute Gasteiger partial charge is 0.324 e. The van der Waals surface area contributed by atoms with Crippen molar-refractivity contribution in [3.05, 3.63) is 0 Å². The summed E-state index contributed by atoms with van der Waals surface area (Å²) in [6.45, 7) is 6.32. The van der Waals surface area contributed by atoms with E-state index in [9.17, 15) is 14.4 Å². The number of esters is 2. The summed E-state index contributed by atoms with van der Waals surface area (Å²) in [5.41, 5.74) is -1.49. The Balaban J connectivity index is 1.70. The van der Waals surface area contributed by atoms with E-state index in [-0.39, 0.29) is 29.8 Å². The third-order valence-electron chi connectivity index (χ3n) is 6.35. The summed E-state index contributed by atoms with van der Waals surface area (Å²) in [5, 5.41) is 3.01. The van der Waals surface area contributed by atoms with Crippen molar-refractivity contribution in [2.45, 2.75) is 46.1 Å². The number of hydrogen-bond acceptors (Lipinski definition) is 5. The largest absolute Gasteiger partial charge is 0.468 e. The van der Waals surface area contributed by atoms with Crippen LogP contribution in [-0.4, -0.2) is 37.6 Å². The molecule has 0 aromatic heterocycles. The van der Waals surface area contributed by atoms with E-state index in [2.05, 4.69) is 5.32 Å². The minimum Gasteiger partial charge on any atom is -0.468 e. The molecule has 1 amide bonds. The molecule has 1 N–H and O–H groups in total. The second-order valence-corrected chi connectivity index (χ2v) is 7.75. The van der Waals surface area contributed by atoms with Gasteiger partial charge < -0.3 is 14.8 Å². The number of hydrogen-bond donors (Lipinski definition) is 1. The van der Waals surface area contributed by atoms with E-state index in [1.807, 2.05) is 20.8 Å². The van der Waals surface area contributed by atoms with Gasteiger partial charge in [-0.1, -0.05) is 20.8 Å². The fraction of sp³-hybridized carbons (Fsp3) is 0.824. The quantitative estimate of drug-likeness (QED) is 0.609. The van der Waals surface area contributed by atoms with Gasteiger partial charge in [0, 0.05) is 23.8 Å². The normalized spacial score (nSPS) is 37.7. The Morgan fingerprint density at radius 3 is 2.74 bits per heavy atom.